The van der Waals surface area contributed by atoms with E-state index in [-0.39, 0.29) is 11.7 Å². The predicted molar refractivity (Wildman–Crippen MR) is 77.2 cm³/mol. The zero-order valence-corrected chi connectivity index (χ0v) is 12.2. The molecule has 0 fully saturated rings. The lowest BCUT2D eigenvalue weighted by Gasteiger charge is -2.04. The van der Waals surface area contributed by atoms with Crippen LogP contribution in [0.15, 0.2) is 50.4 Å². The Bertz CT molecular complexity index is 536. The second kappa shape index (κ2) is 6.11. The first-order valence-electron chi connectivity index (χ1n) is 5.48. The van der Waals surface area contributed by atoms with Crippen LogP contribution in [0.1, 0.15) is 17.5 Å². The van der Waals surface area contributed by atoms with Gasteiger partial charge in [-0.05, 0) is 58.1 Å². The van der Waals surface area contributed by atoms with E-state index >= 15 is 0 Å². The Morgan fingerprint density at radius 3 is 2.56 bits per heavy atom. The van der Waals surface area contributed by atoms with Gasteiger partial charge in [0.2, 0.25) is 0 Å². The summed E-state index contributed by atoms with van der Waals surface area (Å²) in [5, 5.41) is 2.78. The third-order valence-electron chi connectivity index (χ3n) is 2.22. The number of furan rings is 1. The number of anilines is 1. The highest BCUT2D eigenvalue weighted by Crippen LogP contribution is 2.21. The Morgan fingerprint density at radius 1 is 1.28 bits per heavy atom. The Balaban J connectivity index is 2.03. The van der Waals surface area contributed by atoms with Crippen molar-refractivity contribution in [2.45, 2.75) is 11.8 Å². The van der Waals surface area contributed by atoms with Gasteiger partial charge in [0, 0.05) is 10.6 Å². The van der Waals surface area contributed by atoms with Crippen molar-refractivity contribution in [2.75, 3.05) is 11.1 Å². The molecule has 0 atom stereocenters. The van der Waals surface area contributed by atoms with Crippen LogP contribution < -0.4 is 5.32 Å². The summed E-state index contributed by atoms with van der Waals surface area (Å²) >= 11 is 4.93. The van der Waals surface area contributed by atoms with Crippen LogP contribution in [0.5, 0.6) is 0 Å². The Hall–Kier alpha value is -1.20. The summed E-state index contributed by atoms with van der Waals surface area (Å²) in [6.45, 7) is 2.11. The monoisotopic (exact) mass is 325 g/mol. The molecule has 1 aromatic heterocycles. The molecule has 1 N–H and O–H groups in total. The van der Waals surface area contributed by atoms with Crippen molar-refractivity contribution in [3.8, 4) is 0 Å². The van der Waals surface area contributed by atoms with E-state index in [0.29, 0.717) is 4.67 Å². The molecule has 18 heavy (non-hydrogen) atoms. The van der Waals surface area contributed by atoms with Crippen LogP contribution in [0.25, 0.3) is 0 Å². The number of amides is 1. The molecule has 1 amide bonds. The van der Waals surface area contributed by atoms with Crippen molar-refractivity contribution in [1.29, 1.82) is 0 Å². The molecule has 1 aromatic carbocycles. The van der Waals surface area contributed by atoms with E-state index in [9.17, 15) is 4.79 Å². The summed E-state index contributed by atoms with van der Waals surface area (Å²) in [6, 6.07) is 11.1. The minimum atomic E-state index is -0.253. The zero-order valence-electron chi connectivity index (χ0n) is 9.77. The van der Waals surface area contributed by atoms with Gasteiger partial charge in [0.15, 0.2) is 10.4 Å². The third-order valence-corrected chi connectivity index (χ3v) is 3.54. The molecule has 0 saturated heterocycles. The Morgan fingerprint density at radius 2 is 2.00 bits per heavy atom. The number of hydrogen-bond donors (Lipinski definition) is 1. The van der Waals surface area contributed by atoms with Crippen LogP contribution in [0.2, 0.25) is 0 Å². The van der Waals surface area contributed by atoms with Crippen LogP contribution in [0.3, 0.4) is 0 Å². The van der Waals surface area contributed by atoms with E-state index < -0.39 is 0 Å². The van der Waals surface area contributed by atoms with E-state index in [4.69, 9.17) is 4.42 Å². The van der Waals surface area contributed by atoms with Crippen molar-refractivity contribution in [2.24, 2.45) is 0 Å². The minimum absolute atomic E-state index is 0.253. The second-order valence-corrected chi connectivity index (χ2v) is 5.63. The van der Waals surface area contributed by atoms with E-state index in [2.05, 4.69) is 28.2 Å². The highest BCUT2D eigenvalue weighted by molar-refractivity contribution is 9.10. The Kier molecular flexibility index (Phi) is 4.49. The summed E-state index contributed by atoms with van der Waals surface area (Å²) in [5.41, 5.74) is 0.757. The minimum Gasteiger partial charge on any atom is -0.444 e. The number of hydrogen-bond acceptors (Lipinski definition) is 3. The number of rotatable bonds is 4. The molecule has 0 unspecified atom stereocenters. The van der Waals surface area contributed by atoms with Gasteiger partial charge in [-0.25, -0.2) is 0 Å². The molecule has 0 spiro atoms. The largest absolute Gasteiger partial charge is 0.444 e. The predicted octanol–water partition coefficient (Wildman–Crippen LogP) is 4.41. The summed E-state index contributed by atoms with van der Waals surface area (Å²) < 4.78 is 5.72. The fourth-order valence-corrected chi connectivity index (χ4v) is 2.40. The molecule has 1 heterocycles. The molecule has 0 aliphatic rings. The van der Waals surface area contributed by atoms with Crippen LogP contribution in [0.4, 0.5) is 5.69 Å². The van der Waals surface area contributed by atoms with Gasteiger partial charge in [-0.3, -0.25) is 4.79 Å². The van der Waals surface area contributed by atoms with Gasteiger partial charge < -0.3 is 9.73 Å². The summed E-state index contributed by atoms with van der Waals surface area (Å²) in [5.74, 6) is 1.07. The number of thioether (sulfide) groups is 1. The maximum atomic E-state index is 11.8. The average molecular weight is 326 g/mol. The molecule has 5 heteroatoms. The fraction of sp³-hybridized carbons (Fsp3) is 0.154. The zero-order chi connectivity index (χ0) is 13.0. The SMILES string of the molecule is CCSc1ccc(NC(=O)c2ccc(Br)o2)cc1. The molecule has 0 aliphatic carbocycles. The van der Waals surface area contributed by atoms with E-state index in [1.165, 1.54) is 4.90 Å². The summed E-state index contributed by atoms with van der Waals surface area (Å²) in [4.78, 5) is 13.0. The van der Waals surface area contributed by atoms with Crippen LogP contribution in [-0.4, -0.2) is 11.7 Å². The van der Waals surface area contributed by atoms with Crippen molar-refractivity contribution >= 4 is 39.3 Å². The lowest BCUT2D eigenvalue weighted by molar-refractivity contribution is 0.0995. The van der Waals surface area contributed by atoms with Crippen LogP contribution in [0, 0.1) is 0 Å². The van der Waals surface area contributed by atoms with Gasteiger partial charge in [0.05, 0.1) is 0 Å². The first-order chi connectivity index (χ1) is 8.69. The van der Waals surface area contributed by atoms with Crippen LogP contribution in [-0.2, 0) is 0 Å². The van der Waals surface area contributed by atoms with Gasteiger partial charge in [0.25, 0.3) is 5.91 Å². The summed E-state index contributed by atoms with van der Waals surface area (Å²) in [6.07, 6.45) is 0. The van der Waals surface area contributed by atoms with Gasteiger partial charge in [0.1, 0.15) is 0 Å². The van der Waals surface area contributed by atoms with Crippen molar-refractivity contribution in [3.63, 3.8) is 0 Å². The number of nitrogens with one attached hydrogen (secondary N) is 1. The molecule has 0 saturated carbocycles. The lowest BCUT2D eigenvalue weighted by Crippen LogP contribution is -2.10. The maximum Gasteiger partial charge on any atom is 0.291 e. The van der Waals surface area contributed by atoms with Gasteiger partial charge in [-0.15, -0.1) is 11.8 Å². The molecule has 2 rings (SSSR count). The first kappa shape index (κ1) is 13.2. The molecule has 2 aromatic rings. The molecular weight excluding hydrogens is 314 g/mol. The van der Waals surface area contributed by atoms with Gasteiger partial charge in [-0.2, -0.15) is 0 Å². The first-order valence-corrected chi connectivity index (χ1v) is 7.26. The lowest BCUT2D eigenvalue weighted by atomic mass is 10.3. The van der Waals surface area contributed by atoms with Crippen molar-refractivity contribution in [3.05, 3.63) is 46.8 Å². The van der Waals surface area contributed by atoms with E-state index in [1.54, 1.807) is 23.9 Å². The third kappa shape index (κ3) is 3.40. The van der Waals surface area contributed by atoms with Gasteiger partial charge in [-0.1, -0.05) is 6.92 Å². The molecule has 0 bridgehead atoms. The summed E-state index contributed by atoms with van der Waals surface area (Å²) in [7, 11) is 0. The highest BCUT2D eigenvalue weighted by Gasteiger charge is 2.10. The van der Waals surface area contributed by atoms with Crippen LogP contribution >= 0.6 is 27.7 Å². The smallest absolute Gasteiger partial charge is 0.291 e. The Labute approximate surface area is 118 Å². The molecule has 0 aliphatic heterocycles. The number of carbonyl (C=O) groups excluding carboxylic acids is 1. The van der Waals surface area contributed by atoms with E-state index in [1.807, 2.05) is 24.3 Å². The van der Waals surface area contributed by atoms with Crippen molar-refractivity contribution in [1.82, 2.24) is 0 Å². The molecule has 0 radical (unpaired) electrons. The topological polar surface area (TPSA) is 42.2 Å². The number of carbonyl (C=O) groups is 1. The fourth-order valence-electron chi connectivity index (χ4n) is 1.43. The highest BCUT2D eigenvalue weighted by atomic mass is 79.9. The quantitative estimate of drug-likeness (QED) is 0.847. The standard InChI is InChI=1S/C13H12BrNO2S/c1-2-18-10-5-3-9(4-6-10)15-13(16)11-7-8-12(14)17-11/h3-8H,2H2,1H3,(H,15,16). The second-order valence-electron chi connectivity index (χ2n) is 3.52. The molecule has 94 valence electrons. The number of halogens is 1. The number of benzene rings is 1. The maximum absolute atomic E-state index is 11.8. The molecular formula is C13H12BrNO2S. The van der Waals surface area contributed by atoms with E-state index in [0.717, 1.165) is 11.4 Å². The normalized spacial score (nSPS) is 10.3. The van der Waals surface area contributed by atoms with Gasteiger partial charge >= 0.3 is 0 Å². The average Bonchev–Trinajstić information content (AvgIpc) is 2.79. The molecule has 3 nitrogen and oxygen atoms in total. The van der Waals surface area contributed by atoms with Crippen molar-refractivity contribution < 1.29 is 9.21 Å².